The van der Waals surface area contributed by atoms with Crippen molar-refractivity contribution in [1.82, 2.24) is 24.6 Å². The fourth-order valence-corrected chi connectivity index (χ4v) is 5.27. The standard InChI is InChI=1S/C17H15Cl2N5O3S/c18-12-2-1-3-15(16(12)19)28(26,27)24-8-6-23(7-9-24)17(25)11-4-5-13-14(10-11)21-22-20-13/h1-5,10H,6-9H2,(H,20,21,22). The van der Waals surface area contributed by atoms with Crippen LogP contribution < -0.4 is 0 Å². The first-order valence-corrected chi connectivity index (χ1v) is 10.6. The maximum atomic E-state index is 12.9. The van der Waals surface area contributed by atoms with Gasteiger partial charge in [-0.3, -0.25) is 4.79 Å². The number of H-pyrrole nitrogens is 1. The van der Waals surface area contributed by atoms with Crippen LogP contribution in [0.4, 0.5) is 0 Å². The van der Waals surface area contributed by atoms with Gasteiger partial charge in [0, 0.05) is 31.7 Å². The summed E-state index contributed by atoms with van der Waals surface area (Å²) in [5, 5.41) is 10.6. The molecule has 3 aromatic rings. The van der Waals surface area contributed by atoms with Crippen molar-refractivity contribution in [2.75, 3.05) is 26.2 Å². The molecule has 0 radical (unpaired) electrons. The predicted molar refractivity (Wildman–Crippen MR) is 105 cm³/mol. The molecule has 4 rings (SSSR count). The summed E-state index contributed by atoms with van der Waals surface area (Å²) in [4.78, 5) is 14.3. The van der Waals surface area contributed by atoms with Crippen LogP contribution in [0.5, 0.6) is 0 Å². The number of aromatic amines is 1. The molecule has 0 atom stereocenters. The largest absolute Gasteiger partial charge is 0.336 e. The van der Waals surface area contributed by atoms with Gasteiger partial charge >= 0.3 is 0 Å². The monoisotopic (exact) mass is 439 g/mol. The van der Waals surface area contributed by atoms with Crippen molar-refractivity contribution < 1.29 is 13.2 Å². The quantitative estimate of drug-likeness (QED) is 0.675. The first-order chi connectivity index (χ1) is 13.4. The Morgan fingerprint density at radius 1 is 1.00 bits per heavy atom. The zero-order valence-corrected chi connectivity index (χ0v) is 16.8. The smallest absolute Gasteiger partial charge is 0.254 e. The zero-order chi connectivity index (χ0) is 19.9. The third-order valence-corrected chi connectivity index (χ3v) is 7.50. The van der Waals surface area contributed by atoms with Crippen LogP contribution in [-0.2, 0) is 10.0 Å². The van der Waals surface area contributed by atoms with E-state index in [0.717, 1.165) is 0 Å². The highest BCUT2D eigenvalue weighted by molar-refractivity contribution is 7.89. The Bertz CT molecular complexity index is 1160. The molecule has 1 amide bonds. The average molecular weight is 440 g/mol. The van der Waals surface area contributed by atoms with Crippen LogP contribution in [0.25, 0.3) is 11.0 Å². The molecular weight excluding hydrogens is 425 g/mol. The summed E-state index contributed by atoms with van der Waals surface area (Å²) < 4.78 is 27.1. The molecule has 1 fully saturated rings. The van der Waals surface area contributed by atoms with Gasteiger partial charge in [-0.2, -0.15) is 19.7 Å². The summed E-state index contributed by atoms with van der Waals surface area (Å²) in [7, 11) is -3.79. The van der Waals surface area contributed by atoms with Gasteiger partial charge in [-0.05, 0) is 30.3 Å². The lowest BCUT2D eigenvalue weighted by molar-refractivity contribution is 0.0698. The molecular formula is C17H15Cl2N5O3S. The van der Waals surface area contributed by atoms with Crippen molar-refractivity contribution in [2.45, 2.75) is 4.90 Å². The van der Waals surface area contributed by atoms with Gasteiger partial charge in [-0.1, -0.05) is 29.3 Å². The van der Waals surface area contributed by atoms with Crippen LogP contribution in [0.2, 0.25) is 10.0 Å². The predicted octanol–water partition coefficient (Wildman–Crippen LogP) is 2.41. The molecule has 8 nitrogen and oxygen atoms in total. The molecule has 1 saturated heterocycles. The molecule has 0 unspecified atom stereocenters. The summed E-state index contributed by atoms with van der Waals surface area (Å²) in [6.45, 7) is 0.881. The van der Waals surface area contributed by atoms with Gasteiger partial charge in [0.2, 0.25) is 10.0 Å². The Labute approximate surface area is 171 Å². The van der Waals surface area contributed by atoms with E-state index < -0.39 is 10.0 Å². The molecule has 0 spiro atoms. The third kappa shape index (κ3) is 3.35. The van der Waals surface area contributed by atoms with Crippen molar-refractivity contribution in [3.8, 4) is 0 Å². The Hall–Kier alpha value is -2.20. The van der Waals surface area contributed by atoms with E-state index in [9.17, 15) is 13.2 Å². The Morgan fingerprint density at radius 2 is 1.71 bits per heavy atom. The van der Waals surface area contributed by atoms with Gasteiger partial charge in [0.15, 0.2) is 0 Å². The Kier molecular flexibility index (Phi) is 5.00. The lowest BCUT2D eigenvalue weighted by atomic mass is 10.1. The van der Waals surface area contributed by atoms with Crippen LogP contribution in [0.3, 0.4) is 0 Å². The number of amides is 1. The number of rotatable bonds is 3. The minimum Gasteiger partial charge on any atom is -0.336 e. The lowest BCUT2D eigenvalue weighted by Gasteiger charge is -2.34. The van der Waals surface area contributed by atoms with Crippen molar-refractivity contribution >= 4 is 50.2 Å². The molecule has 2 heterocycles. The molecule has 0 aliphatic carbocycles. The SMILES string of the molecule is O=C(c1ccc2n[nH]nc2c1)N1CCN(S(=O)(=O)c2cccc(Cl)c2Cl)CC1. The number of hydrogen-bond donors (Lipinski definition) is 1. The summed E-state index contributed by atoms with van der Waals surface area (Å²) in [6, 6.07) is 9.56. The molecule has 146 valence electrons. The summed E-state index contributed by atoms with van der Waals surface area (Å²) in [5.74, 6) is -0.178. The first-order valence-electron chi connectivity index (χ1n) is 8.42. The molecule has 0 saturated carbocycles. The van der Waals surface area contributed by atoms with Crippen molar-refractivity contribution in [1.29, 1.82) is 0 Å². The van der Waals surface area contributed by atoms with E-state index in [0.29, 0.717) is 16.6 Å². The molecule has 0 bridgehead atoms. The van der Waals surface area contributed by atoms with Crippen molar-refractivity contribution in [3.63, 3.8) is 0 Å². The zero-order valence-electron chi connectivity index (χ0n) is 14.5. The van der Waals surface area contributed by atoms with E-state index in [4.69, 9.17) is 23.2 Å². The number of aromatic nitrogens is 3. The summed E-state index contributed by atoms with van der Waals surface area (Å²) in [5.41, 5.74) is 1.75. The van der Waals surface area contributed by atoms with E-state index in [-0.39, 0.29) is 47.0 Å². The molecule has 1 aliphatic heterocycles. The topological polar surface area (TPSA) is 99.3 Å². The van der Waals surface area contributed by atoms with Crippen LogP contribution >= 0.6 is 23.2 Å². The Morgan fingerprint density at radius 3 is 2.46 bits per heavy atom. The highest BCUT2D eigenvalue weighted by Gasteiger charge is 2.32. The van der Waals surface area contributed by atoms with E-state index in [1.54, 1.807) is 29.2 Å². The van der Waals surface area contributed by atoms with E-state index in [2.05, 4.69) is 15.4 Å². The molecule has 1 N–H and O–H groups in total. The van der Waals surface area contributed by atoms with Gasteiger partial charge in [-0.25, -0.2) is 8.42 Å². The highest BCUT2D eigenvalue weighted by Crippen LogP contribution is 2.31. The maximum Gasteiger partial charge on any atom is 0.254 e. The molecule has 11 heteroatoms. The molecule has 1 aliphatic rings. The van der Waals surface area contributed by atoms with Crippen LogP contribution in [-0.4, -0.2) is 65.1 Å². The van der Waals surface area contributed by atoms with Gasteiger partial charge in [0.1, 0.15) is 15.9 Å². The molecule has 28 heavy (non-hydrogen) atoms. The van der Waals surface area contributed by atoms with E-state index >= 15 is 0 Å². The second-order valence-corrected chi connectivity index (χ2v) is 8.97. The maximum absolute atomic E-state index is 12.9. The number of halogens is 2. The van der Waals surface area contributed by atoms with Gasteiger partial charge < -0.3 is 4.90 Å². The van der Waals surface area contributed by atoms with Crippen molar-refractivity contribution in [3.05, 3.63) is 52.0 Å². The van der Waals surface area contributed by atoms with Gasteiger partial charge in [-0.15, -0.1) is 0 Å². The van der Waals surface area contributed by atoms with E-state index in [1.165, 1.54) is 16.4 Å². The number of nitrogens with zero attached hydrogens (tertiary/aromatic N) is 4. The normalized spacial score (nSPS) is 15.9. The van der Waals surface area contributed by atoms with Gasteiger partial charge in [0.05, 0.1) is 10.0 Å². The third-order valence-electron chi connectivity index (χ3n) is 4.62. The second-order valence-electron chi connectivity index (χ2n) is 6.28. The highest BCUT2D eigenvalue weighted by atomic mass is 35.5. The minimum absolute atomic E-state index is 0.00332. The van der Waals surface area contributed by atoms with E-state index in [1.807, 2.05) is 0 Å². The van der Waals surface area contributed by atoms with Gasteiger partial charge in [0.25, 0.3) is 5.91 Å². The average Bonchev–Trinajstić information content (AvgIpc) is 3.17. The van der Waals surface area contributed by atoms with Crippen LogP contribution in [0.1, 0.15) is 10.4 Å². The summed E-state index contributed by atoms with van der Waals surface area (Å²) >= 11 is 12.0. The second kappa shape index (κ2) is 7.32. The number of carbonyl (C=O) groups is 1. The van der Waals surface area contributed by atoms with Crippen molar-refractivity contribution in [2.24, 2.45) is 0 Å². The minimum atomic E-state index is -3.79. The fourth-order valence-electron chi connectivity index (χ4n) is 3.11. The number of benzene rings is 2. The molecule has 1 aromatic heterocycles. The van der Waals surface area contributed by atoms with Crippen LogP contribution in [0, 0.1) is 0 Å². The van der Waals surface area contributed by atoms with Crippen LogP contribution in [0.15, 0.2) is 41.3 Å². The number of nitrogens with one attached hydrogen (secondary N) is 1. The number of hydrogen-bond acceptors (Lipinski definition) is 5. The fraction of sp³-hybridized carbons (Fsp3) is 0.235. The number of piperazine rings is 1. The Balaban J connectivity index is 1.49. The molecule has 2 aromatic carbocycles. The summed E-state index contributed by atoms with van der Waals surface area (Å²) in [6.07, 6.45) is 0. The number of sulfonamides is 1. The number of carbonyl (C=O) groups excluding carboxylic acids is 1. The first kappa shape index (κ1) is 19.1. The number of fused-ring (bicyclic) bond motifs is 1. The lowest BCUT2D eigenvalue weighted by Crippen LogP contribution is -2.50.